The molecular weight excluding hydrogens is 445 g/mol. The van der Waals surface area contributed by atoms with Crippen molar-refractivity contribution in [3.8, 4) is 5.75 Å². The lowest BCUT2D eigenvalue weighted by molar-refractivity contribution is -0.114. The number of sulfonamides is 1. The highest BCUT2D eigenvalue weighted by Crippen LogP contribution is 2.26. The summed E-state index contributed by atoms with van der Waals surface area (Å²) in [7, 11) is -4.29. The van der Waals surface area contributed by atoms with E-state index in [-0.39, 0.29) is 16.3 Å². The third-order valence-electron chi connectivity index (χ3n) is 4.33. The molecule has 32 heavy (non-hydrogen) atoms. The van der Waals surface area contributed by atoms with E-state index in [0.29, 0.717) is 18.4 Å². The maximum Gasteiger partial charge on any atom is 0.264 e. The third kappa shape index (κ3) is 5.38. The zero-order chi connectivity index (χ0) is 23.3. The first-order chi connectivity index (χ1) is 15.2. The molecule has 1 N–H and O–H groups in total. The van der Waals surface area contributed by atoms with Crippen molar-refractivity contribution in [1.29, 1.82) is 0 Å². The highest BCUT2D eigenvalue weighted by Gasteiger charge is 2.27. The Hall–Kier alpha value is -3.53. The number of carbonyl (C=O) groups is 1. The molecule has 0 aliphatic carbocycles. The Morgan fingerprint density at radius 1 is 0.938 bits per heavy atom. The van der Waals surface area contributed by atoms with E-state index in [1.54, 1.807) is 6.92 Å². The second-order valence-electron chi connectivity index (χ2n) is 6.56. The van der Waals surface area contributed by atoms with Gasteiger partial charge in [0.2, 0.25) is 5.91 Å². The Kier molecular flexibility index (Phi) is 7.04. The smallest absolute Gasteiger partial charge is 0.264 e. The number of halogens is 3. The van der Waals surface area contributed by atoms with Crippen LogP contribution >= 0.6 is 0 Å². The second kappa shape index (κ2) is 9.73. The van der Waals surface area contributed by atoms with Crippen LogP contribution in [0, 0.1) is 17.5 Å². The first-order valence-corrected chi connectivity index (χ1v) is 10.9. The second-order valence-corrected chi connectivity index (χ2v) is 8.43. The van der Waals surface area contributed by atoms with Crippen molar-refractivity contribution in [1.82, 2.24) is 0 Å². The van der Waals surface area contributed by atoms with Gasteiger partial charge in [-0.2, -0.15) is 0 Å². The minimum absolute atomic E-state index is 0.132. The SMILES string of the molecule is CCOc1ccc(N(CC(=O)Nc2ccc(F)cc2F)S(=O)(=O)c2ccc(F)cc2)cc1. The summed E-state index contributed by atoms with van der Waals surface area (Å²) in [5.41, 5.74) is -0.172. The fourth-order valence-electron chi connectivity index (χ4n) is 2.84. The van der Waals surface area contributed by atoms with E-state index >= 15 is 0 Å². The van der Waals surface area contributed by atoms with Crippen molar-refractivity contribution < 1.29 is 31.1 Å². The number of hydrogen-bond acceptors (Lipinski definition) is 4. The topological polar surface area (TPSA) is 75.7 Å². The molecule has 6 nitrogen and oxygen atoms in total. The van der Waals surface area contributed by atoms with Crippen LogP contribution in [0.5, 0.6) is 5.75 Å². The van der Waals surface area contributed by atoms with Gasteiger partial charge in [-0.3, -0.25) is 9.10 Å². The highest BCUT2D eigenvalue weighted by atomic mass is 32.2. The quantitative estimate of drug-likeness (QED) is 0.538. The number of anilines is 2. The molecule has 10 heteroatoms. The molecule has 0 bridgehead atoms. The summed E-state index contributed by atoms with van der Waals surface area (Å²) in [6.45, 7) is 1.48. The standard InChI is InChI=1S/C22H19F3N2O4S/c1-2-31-18-8-6-17(7-9-18)27(32(29,30)19-10-3-15(23)4-11-19)14-22(28)26-21-12-5-16(24)13-20(21)25/h3-13H,2,14H2,1H3,(H,26,28). The molecule has 0 spiro atoms. The molecule has 0 aromatic heterocycles. The lowest BCUT2D eigenvalue weighted by Gasteiger charge is -2.24. The Balaban J connectivity index is 1.94. The van der Waals surface area contributed by atoms with Gasteiger partial charge in [-0.15, -0.1) is 0 Å². The first-order valence-electron chi connectivity index (χ1n) is 9.47. The first kappa shape index (κ1) is 23.1. The van der Waals surface area contributed by atoms with Crippen molar-refractivity contribution in [3.63, 3.8) is 0 Å². The molecule has 0 heterocycles. The molecule has 3 aromatic carbocycles. The fourth-order valence-corrected chi connectivity index (χ4v) is 4.26. The van der Waals surface area contributed by atoms with E-state index in [1.807, 2.05) is 0 Å². The van der Waals surface area contributed by atoms with Gasteiger partial charge in [-0.25, -0.2) is 21.6 Å². The van der Waals surface area contributed by atoms with Gasteiger partial charge in [0.25, 0.3) is 10.0 Å². The van der Waals surface area contributed by atoms with E-state index in [0.717, 1.165) is 40.7 Å². The van der Waals surface area contributed by atoms with Gasteiger partial charge in [0.15, 0.2) is 0 Å². The molecule has 0 fully saturated rings. The minimum Gasteiger partial charge on any atom is -0.494 e. The van der Waals surface area contributed by atoms with Crippen LogP contribution in [-0.2, 0) is 14.8 Å². The Morgan fingerprint density at radius 3 is 2.16 bits per heavy atom. The van der Waals surface area contributed by atoms with Crippen molar-refractivity contribution in [2.75, 3.05) is 22.8 Å². The molecule has 0 radical (unpaired) electrons. The van der Waals surface area contributed by atoms with Crippen LogP contribution in [0.4, 0.5) is 24.5 Å². The molecule has 1 amide bonds. The summed E-state index contributed by atoms with van der Waals surface area (Å²) in [4.78, 5) is 12.3. The normalized spacial score (nSPS) is 11.1. The van der Waals surface area contributed by atoms with Crippen LogP contribution in [0.15, 0.2) is 71.6 Å². The summed E-state index contributed by atoms with van der Waals surface area (Å²) >= 11 is 0. The summed E-state index contributed by atoms with van der Waals surface area (Å²) in [6.07, 6.45) is 0. The number of nitrogens with zero attached hydrogens (tertiary/aromatic N) is 1. The predicted molar refractivity (Wildman–Crippen MR) is 114 cm³/mol. The Morgan fingerprint density at radius 2 is 1.56 bits per heavy atom. The van der Waals surface area contributed by atoms with Gasteiger partial charge in [0.1, 0.15) is 29.7 Å². The van der Waals surface area contributed by atoms with Gasteiger partial charge in [-0.05, 0) is 67.6 Å². The lowest BCUT2D eigenvalue weighted by Crippen LogP contribution is -2.38. The number of benzene rings is 3. The molecule has 3 rings (SSSR count). The molecule has 168 valence electrons. The summed E-state index contributed by atoms with van der Waals surface area (Å²) in [5.74, 6) is -2.83. The number of rotatable bonds is 8. The molecule has 0 aliphatic heterocycles. The predicted octanol–water partition coefficient (Wildman–Crippen LogP) is 4.34. The number of ether oxygens (including phenoxy) is 1. The van der Waals surface area contributed by atoms with E-state index < -0.39 is 39.9 Å². The van der Waals surface area contributed by atoms with Crippen molar-refractivity contribution in [2.24, 2.45) is 0 Å². The van der Waals surface area contributed by atoms with Crippen molar-refractivity contribution in [3.05, 3.63) is 84.2 Å². The van der Waals surface area contributed by atoms with Crippen LogP contribution in [0.2, 0.25) is 0 Å². The van der Waals surface area contributed by atoms with E-state index in [1.165, 1.54) is 24.3 Å². The van der Waals surface area contributed by atoms with Gasteiger partial charge in [0.05, 0.1) is 22.9 Å². The molecule has 3 aromatic rings. The van der Waals surface area contributed by atoms with Gasteiger partial charge < -0.3 is 10.1 Å². The van der Waals surface area contributed by atoms with Crippen molar-refractivity contribution >= 4 is 27.3 Å². The molecule has 0 unspecified atom stereocenters. The van der Waals surface area contributed by atoms with Crippen LogP contribution in [0.25, 0.3) is 0 Å². The van der Waals surface area contributed by atoms with E-state index in [4.69, 9.17) is 4.74 Å². The minimum atomic E-state index is -4.29. The monoisotopic (exact) mass is 464 g/mol. The zero-order valence-corrected chi connectivity index (χ0v) is 17.7. The molecule has 0 saturated heterocycles. The average molecular weight is 464 g/mol. The molecule has 0 aliphatic rings. The van der Waals surface area contributed by atoms with E-state index in [2.05, 4.69) is 5.32 Å². The summed E-state index contributed by atoms with van der Waals surface area (Å²) < 4.78 is 72.9. The largest absolute Gasteiger partial charge is 0.494 e. The van der Waals surface area contributed by atoms with Crippen LogP contribution in [-0.4, -0.2) is 27.5 Å². The Bertz CT molecular complexity index is 1200. The number of carbonyl (C=O) groups excluding carboxylic acids is 1. The average Bonchev–Trinajstić information content (AvgIpc) is 2.75. The maximum atomic E-state index is 13.9. The number of hydrogen-bond donors (Lipinski definition) is 1. The lowest BCUT2D eigenvalue weighted by atomic mass is 10.3. The van der Waals surface area contributed by atoms with Crippen LogP contribution in [0.3, 0.4) is 0 Å². The zero-order valence-electron chi connectivity index (χ0n) is 16.9. The number of nitrogens with one attached hydrogen (secondary N) is 1. The van der Waals surface area contributed by atoms with Gasteiger partial charge >= 0.3 is 0 Å². The highest BCUT2D eigenvalue weighted by molar-refractivity contribution is 7.92. The van der Waals surface area contributed by atoms with Crippen LogP contribution < -0.4 is 14.4 Å². The van der Waals surface area contributed by atoms with Crippen molar-refractivity contribution in [2.45, 2.75) is 11.8 Å². The summed E-state index contributed by atoms with van der Waals surface area (Å²) in [6, 6.07) is 12.6. The molecular formula is C22H19F3N2O4S. The van der Waals surface area contributed by atoms with Gasteiger partial charge in [0, 0.05) is 6.07 Å². The summed E-state index contributed by atoms with van der Waals surface area (Å²) in [5, 5.41) is 2.23. The fraction of sp³-hybridized carbons (Fsp3) is 0.136. The Labute approximate surface area is 183 Å². The van der Waals surface area contributed by atoms with Gasteiger partial charge in [-0.1, -0.05) is 0 Å². The van der Waals surface area contributed by atoms with E-state index in [9.17, 15) is 26.4 Å². The van der Waals surface area contributed by atoms with Crippen LogP contribution in [0.1, 0.15) is 6.92 Å². The maximum absolute atomic E-state index is 13.9. The number of amides is 1. The third-order valence-corrected chi connectivity index (χ3v) is 6.12. The molecule has 0 saturated carbocycles. The molecule has 0 atom stereocenters.